The number of likely N-dealkylation sites (tertiary alicyclic amines) is 1. The van der Waals surface area contributed by atoms with Crippen molar-refractivity contribution in [3.05, 3.63) is 0 Å². The zero-order valence-electron chi connectivity index (χ0n) is 12.0. The van der Waals surface area contributed by atoms with Crippen LogP contribution in [-0.2, 0) is 19.3 Å². The molecule has 1 fully saturated rings. The van der Waals surface area contributed by atoms with Crippen LogP contribution in [0.15, 0.2) is 10.3 Å². The van der Waals surface area contributed by atoms with Gasteiger partial charge in [0.15, 0.2) is 5.71 Å². The lowest BCUT2D eigenvalue weighted by atomic mass is 10.0. The van der Waals surface area contributed by atoms with Crippen molar-refractivity contribution in [1.29, 1.82) is 0 Å². The van der Waals surface area contributed by atoms with Crippen LogP contribution in [-0.4, -0.2) is 62.0 Å². The molecular weight excluding hydrogens is 264 g/mol. The number of nitrogens with one attached hydrogen (secondary N) is 1. The fourth-order valence-electron chi connectivity index (χ4n) is 2.03. The fourth-order valence-corrected chi connectivity index (χ4v) is 2.03. The molecule has 0 aliphatic carbocycles. The highest BCUT2D eigenvalue weighted by Crippen LogP contribution is 2.11. The van der Waals surface area contributed by atoms with E-state index in [2.05, 4.69) is 25.3 Å². The minimum Gasteiger partial charge on any atom is -0.399 e. The number of carbonyl (C=O) groups is 2. The maximum atomic E-state index is 12.4. The maximum Gasteiger partial charge on any atom is 0.277 e. The van der Waals surface area contributed by atoms with Gasteiger partial charge in [-0.05, 0) is 19.8 Å². The molecule has 1 N–H and O–H groups in total. The molecule has 0 radical (unpaired) electrons. The van der Waals surface area contributed by atoms with Crippen LogP contribution in [0, 0.1) is 0 Å². The Bertz CT molecular complexity index is 400. The molecule has 0 spiro atoms. The second-order valence-electron chi connectivity index (χ2n) is 4.33. The van der Waals surface area contributed by atoms with Crippen LogP contribution >= 0.6 is 0 Å². The summed E-state index contributed by atoms with van der Waals surface area (Å²) >= 11 is 0. The SMILES string of the molecule is CON=C(C)C(=NOC)C(=O)N1CCC(NC=O)CC1. The van der Waals surface area contributed by atoms with E-state index < -0.39 is 0 Å². The van der Waals surface area contributed by atoms with E-state index in [0.29, 0.717) is 38.1 Å². The van der Waals surface area contributed by atoms with E-state index >= 15 is 0 Å². The molecule has 1 aliphatic heterocycles. The smallest absolute Gasteiger partial charge is 0.277 e. The van der Waals surface area contributed by atoms with E-state index in [1.165, 1.54) is 14.2 Å². The number of hydrogen-bond donors (Lipinski definition) is 1. The largest absolute Gasteiger partial charge is 0.399 e. The number of nitrogens with zero attached hydrogens (tertiary/aromatic N) is 3. The van der Waals surface area contributed by atoms with E-state index in [1.807, 2.05) is 0 Å². The highest BCUT2D eigenvalue weighted by molar-refractivity contribution is 6.66. The summed E-state index contributed by atoms with van der Waals surface area (Å²) in [5, 5.41) is 10.1. The summed E-state index contributed by atoms with van der Waals surface area (Å²) < 4.78 is 0. The molecule has 0 atom stereocenters. The number of piperidine rings is 1. The Morgan fingerprint density at radius 3 is 2.35 bits per heavy atom. The van der Waals surface area contributed by atoms with Crippen molar-refractivity contribution in [2.75, 3.05) is 27.3 Å². The molecule has 0 aromatic carbocycles. The van der Waals surface area contributed by atoms with Crippen LogP contribution < -0.4 is 5.32 Å². The Morgan fingerprint density at radius 1 is 1.25 bits per heavy atom. The summed E-state index contributed by atoms with van der Waals surface area (Å²) in [6.07, 6.45) is 2.12. The van der Waals surface area contributed by atoms with Crippen molar-refractivity contribution in [2.24, 2.45) is 10.3 Å². The van der Waals surface area contributed by atoms with Gasteiger partial charge in [-0.1, -0.05) is 10.3 Å². The predicted octanol–water partition coefficient (Wildman–Crippen LogP) is -0.252. The lowest BCUT2D eigenvalue weighted by Gasteiger charge is -2.31. The molecule has 0 aromatic heterocycles. The van der Waals surface area contributed by atoms with Gasteiger partial charge < -0.3 is 19.9 Å². The van der Waals surface area contributed by atoms with Gasteiger partial charge in [0.2, 0.25) is 6.41 Å². The first-order valence-corrected chi connectivity index (χ1v) is 6.32. The molecule has 8 heteroatoms. The molecule has 1 aliphatic rings. The number of oxime groups is 2. The van der Waals surface area contributed by atoms with E-state index in [9.17, 15) is 9.59 Å². The lowest BCUT2D eigenvalue weighted by molar-refractivity contribution is -0.125. The van der Waals surface area contributed by atoms with Gasteiger partial charge in [-0.15, -0.1) is 0 Å². The van der Waals surface area contributed by atoms with Crippen LogP contribution in [0.25, 0.3) is 0 Å². The molecule has 20 heavy (non-hydrogen) atoms. The number of hydrogen-bond acceptors (Lipinski definition) is 6. The Morgan fingerprint density at radius 2 is 1.85 bits per heavy atom. The summed E-state index contributed by atoms with van der Waals surface area (Å²) in [5.74, 6) is -0.255. The number of rotatable bonds is 6. The summed E-state index contributed by atoms with van der Waals surface area (Å²) in [5.41, 5.74) is 0.476. The first-order chi connectivity index (χ1) is 9.63. The summed E-state index contributed by atoms with van der Waals surface area (Å²) in [4.78, 5) is 33.7. The monoisotopic (exact) mass is 284 g/mol. The summed E-state index contributed by atoms with van der Waals surface area (Å²) in [7, 11) is 2.77. The molecule has 0 bridgehead atoms. The van der Waals surface area contributed by atoms with Crippen LogP contribution in [0.5, 0.6) is 0 Å². The van der Waals surface area contributed by atoms with Crippen molar-refractivity contribution >= 4 is 23.7 Å². The minimum atomic E-state index is -0.255. The molecule has 0 aromatic rings. The van der Waals surface area contributed by atoms with Gasteiger partial charge in [0.05, 0.1) is 0 Å². The van der Waals surface area contributed by atoms with Gasteiger partial charge in [-0.3, -0.25) is 9.59 Å². The zero-order valence-corrected chi connectivity index (χ0v) is 12.0. The van der Waals surface area contributed by atoms with Gasteiger partial charge in [0.1, 0.15) is 19.9 Å². The van der Waals surface area contributed by atoms with Crippen molar-refractivity contribution in [3.8, 4) is 0 Å². The van der Waals surface area contributed by atoms with Gasteiger partial charge in [-0.2, -0.15) is 0 Å². The second kappa shape index (κ2) is 8.13. The van der Waals surface area contributed by atoms with Gasteiger partial charge in [0, 0.05) is 19.1 Å². The maximum absolute atomic E-state index is 12.4. The third kappa shape index (κ3) is 4.22. The molecule has 1 rings (SSSR count). The van der Waals surface area contributed by atoms with Crippen molar-refractivity contribution < 1.29 is 19.3 Å². The van der Waals surface area contributed by atoms with E-state index in [4.69, 9.17) is 0 Å². The average Bonchev–Trinajstić information content (AvgIpc) is 2.45. The lowest BCUT2D eigenvalue weighted by Crippen LogP contribution is -2.48. The summed E-state index contributed by atoms with van der Waals surface area (Å²) in [6, 6.07) is 0.119. The highest BCUT2D eigenvalue weighted by atomic mass is 16.6. The van der Waals surface area contributed by atoms with Gasteiger partial charge in [0.25, 0.3) is 5.91 Å². The molecule has 0 saturated carbocycles. The zero-order chi connectivity index (χ0) is 15.0. The van der Waals surface area contributed by atoms with Crippen LogP contribution in [0.3, 0.4) is 0 Å². The van der Waals surface area contributed by atoms with Crippen LogP contribution in [0.2, 0.25) is 0 Å². The van der Waals surface area contributed by atoms with Crippen LogP contribution in [0.4, 0.5) is 0 Å². The topological polar surface area (TPSA) is 92.6 Å². The third-order valence-electron chi connectivity index (χ3n) is 3.04. The van der Waals surface area contributed by atoms with Gasteiger partial charge in [-0.25, -0.2) is 0 Å². The molecule has 2 amide bonds. The highest BCUT2D eigenvalue weighted by Gasteiger charge is 2.27. The Balaban J connectivity index is 2.70. The van der Waals surface area contributed by atoms with Gasteiger partial charge >= 0.3 is 0 Å². The quantitative estimate of drug-likeness (QED) is 0.413. The first-order valence-electron chi connectivity index (χ1n) is 6.32. The fraction of sp³-hybridized carbons (Fsp3) is 0.667. The molecule has 0 unspecified atom stereocenters. The Labute approximate surface area is 117 Å². The molecular formula is C12H20N4O4. The molecule has 112 valence electrons. The predicted molar refractivity (Wildman–Crippen MR) is 73.4 cm³/mol. The number of carbonyl (C=O) groups excluding carboxylic acids is 2. The number of amides is 2. The Hall–Kier alpha value is -2.12. The van der Waals surface area contributed by atoms with Crippen molar-refractivity contribution in [2.45, 2.75) is 25.8 Å². The van der Waals surface area contributed by atoms with Crippen LogP contribution in [0.1, 0.15) is 19.8 Å². The third-order valence-corrected chi connectivity index (χ3v) is 3.04. The average molecular weight is 284 g/mol. The minimum absolute atomic E-state index is 0.119. The normalized spacial score (nSPS) is 17.6. The molecule has 1 heterocycles. The summed E-state index contributed by atoms with van der Waals surface area (Å²) in [6.45, 7) is 2.72. The molecule has 1 saturated heterocycles. The van der Waals surface area contributed by atoms with E-state index in [0.717, 1.165) is 0 Å². The second-order valence-corrected chi connectivity index (χ2v) is 4.33. The van der Waals surface area contributed by atoms with E-state index in [1.54, 1.807) is 11.8 Å². The standard InChI is InChI=1S/C12H20N4O4/c1-9(14-19-2)11(15-20-3)12(18)16-6-4-10(5-7-16)13-8-17/h8,10H,4-7H2,1-3H3,(H,13,17). The Kier molecular flexibility index (Phi) is 6.48. The van der Waals surface area contributed by atoms with E-state index in [-0.39, 0.29) is 17.7 Å². The van der Waals surface area contributed by atoms with Crippen molar-refractivity contribution in [3.63, 3.8) is 0 Å². The van der Waals surface area contributed by atoms with Crippen molar-refractivity contribution in [1.82, 2.24) is 10.2 Å². The molecule has 8 nitrogen and oxygen atoms in total. The first kappa shape index (κ1) is 15.9.